The molecule has 0 spiro atoms. The van der Waals surface area contributed by atoms with Crippen LogP contribution in [0.15, 0.2) is 0 Å². The quantitative estimate of drug-likeness (QED) is 0.574. The monoisotopic (exact) mass is 143 g/mol. The molecule has 1 aliphatic heterocycles. The highest BCUT2D eigenvalue weighted by atomic mass is 16.3. The second-order valence-corrected chi connectivity index (χ2v) is 2.88. The van der Waals surface area contributed by atoms with Gasteiger partial charge in [-0.15, -0.1) is 0 Å². The molecule has 0 aromatic heterocycles. The molecule has 10 heavy (non-hydrogen) atoms. The molecule has 0 radical (unpaired) electrons. The Labute approximate surface area is 60.6 Å². The van der Waals surface area contributed by atoms with Crippen LogP contribution in [0.2, 0.25) is 0 Å². The Morgan fingerprint density at radius 2 is 2.50 bits per heavy atom. The number of ketones is 1. The van der Waals surface area contributed by atoms with Crippen LogP contribution >= 0.6 is 0 Å². The van der Waals surface area contributed by atoms with Gasteiger partial charge in [-0.1, -0.05) is 0 Å². The zero-order valence-corrected chi connectivity index (χ0v) is 6.21. The molecular weight excluding hydrogens is 130 g/mol. The first-order chi connectivity index (χ1) is 4.68. The molecule has 0 aliphatic carbocycles. The van der Waals surface area contributed by atoms with Crippen LogP contribution in [0.5, 0.6) is 0 Å². The van der Waals surface area contributed by atoms with E-state index in [4.69, 9.17) is 5.11 Å². The number of Topliss-reactive ketones (excluding diaryl/α,β-unsaturated/α-hetero) is 1. The van der Waals surface area contributed by atoms with E-state index in [1.54, 1.807) is 6.92 Å². The minimum absolute atomic E-state index is 0.175. The Hall–Kier alpha value is -0.410. The maximum Gasteiger partial charge on any atom is 0.143 e. The molecular formula is C7H13NO2. The Kier molecular flexibility index (Phi) is 2.40. The third-order valence-electron chi connectivity index (χ3n) is 1.69. The van der Waals surface area contributed by atoms with Crippen molar-refractivity contribution in [3.63, 3.8) is 0 Å². The number of aliphatic hydroxyl groups is 1. The molecule has 1 aliphatic rings. The van der Waals surface area contributed by atoms with Crippen LogP contribution in [0.3, 0.4) is 0 Å². The van der Waals surface area contributed by atoms with Crippen molar-refractivity contribution < 1.29 is 9.90 Å². The number of hydrogen-bond donors (Lipinski definition) is 1. The molecule has 1 saturated heterocycles. The fourth-order valence-corrected chi connectivity index (χ4v) is 1.27. The molecule has 58 valence electrons. The number of aliphatic hydroxyl groups excluding tert-OH is 1. The molecule has 0 unspecified atom stereocenters. The van der Waals surface area contributed by atoms with Crippen molar-refractivity contribution in [2.24, 2.45) is 0 Å². The average Bonchev–Trinajstić information content (AvgIpc) is 2.13. The zero-order valence-electron chi connectivity index (χ0n) is 6.21. The van der Waals surface area contributed by atoms with Crippen LogP contribution < -0.4 is 0 Å². The van der Waals surface area contributed by atoms with E-state index in [9.17, 15) is 4.79 Å². The Morgan fingerprint density at radius 1 is 1.80 bits per heavy atom. The van der Waals surface area contributed by atoms with Gasteiger partial charge in [-0.3, -0.25) is 9.69 Å². The van der Waals surface area contributed by atoms with Gasteiger partial charge in [0, 0.05) is 13.1 Å². The summed E-state index contributed by atoms with van der Waals surface area (Å²) in [4.78, 5) is 12.6. The van der Waals surface area contributed by atoms with Gasteiger partial charge in [-0.25, -0.2) is 0 Å². The van der Waals surface area contributed by atoms with E-state index in [2.05, 4.69) is 0 Å². The second-order valence-electron chi connectivity index (χ2n) is 2.88. The van der Waals surface area contributed by atoms with E-state index < -0.39 is 0 Å². The lowest BCUT2D eigenvalue weighted by atomic mass is 10.3. The Balaban J connectivity index is 2.24. The largest absolute Gasteiger partial charge is 0.392 e. The van der Waals surface area contributed by atoms with E-state index >= 15 is 0 Å². The molecule has 1 heterocycles. The maximum atomic E-state index is 10.6. The summed E-state index contributed by atoms with van der Waals surface area (Å²) in [5.74, 6) is 0.175. The third-order valence-corrected chi connectivity index (χ3v) is 1.69. The Bertz CT molecular complexity index is 136. The first kappa shape index (κ1) is 7.69. The van der Waals surface area contributed by atoms with E-state index in [0.29, 0.717) is 13.1 Å². The van der Waals surface area contributed by atoms with Crippen molar-refractivity contribution in [3.8, 4) is 0 Å². The summed E-state index contributed by atoms with van der Waals surface area (Å²) in [6.07, 6.45) is 0.604. The molecule has 3 nitrogen and oxygen atoms in total. The number of carbonyl (C=O) groups is 1. The van der Waals surface area contributed by atoms with Gasteiger partial charge in [0.15, 0.2) is 0 Å². The standard InChI is InChI=1S/C7H13NO2/c1-6(9)4-8-3-2-7(10)5-8/h7,10H,2-5H2,1H3/t7-/m1/s1. The third kappa shape index (κ3) is 2.08. The van der Waals surface area contributed by atoms with E-state index in [-0.39, 0.29) is 11.9 Å². The van der Waals surface area contributed by atoms with Crippen LogP contribution in [0, 0.1) is 0 Å². The highest BCUT2D eigenvalue weighted by Crippen LogP contribution is 2.07. The van der Waals surface area contributed by atoms with Crippen LogP contribution in [-0.4, -0.2) is 41.5 Å². The summed E-state index contributed by atoms with van der Waals surface area (Å²) in [7, 11) is 0. The van der Waals surface area contributed by atoms with Crippen LogP contribution in [0.1, 0.15) is 13.3 Å². The normalized spacial score (nSPS) is 27.2. The fourth-order valence-electron chi connectivity index (χ4n) is 1.27. The highest BCUT2D eigenvalue weighted by Gasteiger charge is 2.20. The first-order valence-electron chi connectivity index (χ1n) is 3.58. The van der Waals surface area contributed by atoms with Crippen molar-refractivity contribution >= 4 is 5.78 Å². The van der Waals surface area contributed by atoms with Gasteiger partial charge in [0.05, 0.1) is 12.6 Å². The number of nitrogens with zero attached hydrogens (tertiary/aromatic N) is 1. The molecule has 0 aromatic carbocycles. The fraction of sp³-hybridized carbons (Fsp3) is 0.857. The summed E-state index contributed by atoms with van der Waals surface area (Å²) < 4.78 is 0. The van der Waals surface area contributed by atoms with Crippen LogP contribution in [0.4, 0.5) is 0 Å². The first-order valence-corrected chi connectivity index (χ1v) is 3.58. The molecule has 1 N–H and O–H groups in total. The molecule has 0 amide bonds. The summed E-state index contributed by atoms with van der Waals surface area (Å²) in [6.45, 7) is 3.60. The summed E-state index contributed by atoms with van der Waals surface area (Å²) in [5.41, 5.74) is 0. The van der Waals surface area contributed by atoms with Gasteiger partial charge in [0.25, 0.3) is 0 Å². The van der Waals surface area contributed by atoms with Gasteiger partial charge in [0.2, 0.25) is 0 Å². The van der Waals surface area contributed by atoms with Gasteiger partial charge >= 0.3 is 0 Å². The van der Waals surface area contributed by atoms with Crippen LogP contribution in [-0.2, 0) is 4.79 Å². The smallest absolute Gasteiger partial charge is 0.143 e. The van der Waals surface area contributed by atoms with E-state index in [0.717, 1.165) is 13.0 Å². The van der Waals surface area contributed by atoms with Gasteiger partial charge in [-0.2, -0.15) is 0 Å². The summed E-state index contributed by atoms with van der Waals surface area (Å²) in [6, 6.07) is 0. The molecule has 1 atom stereocenters. The number of likely N-dealkylation sites (tertiary alicyclic amines) is 1. The molecule has 1 fully saturated rings. The average molecular weight is 143 g/mol. The van der Waals surface area contributed by atoms with Crippen molar-refractivity contribution in [2.75, 3.05) is 19.6 Å². The summed E-state index contributed by atoms with van der Waals surface area (Å²) in [5, 5.41) is 9.06. The molecule has 0 bridgehead atoms. The lowest BCUT2D eigenvalue weighted by molar-refractivity contribution is -0.117. The molecule has 0 aromatic rings. The maximum absolute atomic E-state index is 10.6. The summed E-state index contributed by atoms with van der Waals surface area (Å²) >= 11 is 0. The minimum atomic E-state index is -0.209. The minimum Gasteiger partial charge on any atom is -0.392 e. The number of carbonyl (C=O) groups excluding carboxylic acids is 1. The predicted octanol–water partition coefficient (Wildman–Crippen LogP) is -0.358. The van der Waals surface area contributed by atoms with E-state index in [1.165, 1.54) is 0 Å². The lowest BCUT2D eigenvalue weighted by Crippen LogP contribution is -2.27. The van der Waals surface area contributed by atoms with Crippen molar-refractivity contribution in [2.45, 2.75) is 19.4 Å². The van der Waals surface area contributed by atoms with Crippen molar-refractivity contribution in [1.82, 2.24) is 4.90 Å². The number of rotatable bonds is 2. The Morgan fingerprint density at radius 3 is 2.90 bits per heavy atom. The van der Waals surface area contributed by atoms with Gasteiger partial charge < -0.3 is 5.11 Å². The topological polar surface area (TPSA) is 40.5 Å². The molecule has 0 saturated carbocycles. The zero-order chi connectivity index (χ0) is 7.56. The highest BCUT2D eigenvalue weighted by molar-refractivity contribution is 5.77. The van der Waals surface area contributed by atoms with Crippen molar-refractivity contribution in [3.05, 3.63) is 0 Å². The number of hydrogen-bond acceptors (Lipinski definition) is 3. The van der Waals surface area contributed by atoms with E-state index in [1.807, 2.05) is 4.90 Å². The molecule has 1 rings (SSSR count). The SMILES string of the molecule is CC(=O)CN1CC[C@@H](O)C1. The molecule has 3 heteroatoms. The van der Waals surface area contributed by atoms with Gasteiger partial charge in [-0.05, 0) is 13.3 Å². The van der Waals surface area contributed by atoms with Crippen LogP contribution in [0.25, 0.3) is 0 Å². The van der Waals surface area contributed by atoms with Crippen molar-refractivity contribution in [1.29, 1.82) is 0 Å². The lowest BCUT2D eigenvalue weighted by Gasteiger charge is -2.11. The van der Waals surface area contributed by atoms with Gasteiger partial charge in [0.1, 0.15) is 5.78 Å². The predicted molar refractivity (Wildman–Crippen MR) is 37.7 cm³/mol. The number of β-amino-alcohol motifs (C(OH)–C–C–N with tert-alkyl or cyclic N) is 1. The second kappa shape index (κ2) is 3.12.